The van der Waals surface area contributed by atoms with Gasteiger partial charge in [-0.2, -0.15) is 0 Å². The number of methoxy groups -OCH3 is 1. The standard InChI is InChI=1S/C74H120N8O38/c1-14-75-61-67(115-50(10)91)64(112-47(7)88)55(39-109-44(4)85)118-72(61)106-36-33-102-25-21-77-70(97)53(15-17-58(94)76-20-24-101-34-37-107-73-62(79-42(2)83)68(116-51(11)92)65(113-48(8)89)56(119-73)40-110-45(5)86)81-59(95)18-16-54(82-60(96)19-23-100-29-30-105-32-31-104-28-27-99-13)71(98)78-22-26-103-35-38-108-74-63(80-43(3)84)69(117-52(12)93)66(114-49(9)90)57(120-74)41-111-46(6)87/h53-57,61-69,72-75H,14-41H2,1-13H3,(H,76,94)(H,77,97)(H,78,98)(H,79,83)(H,80,84)(H,81,95)(H,82,96). The number of rotatable bonds is 59. The average molecular weight is 1730 g/mol. The Bertz CT molecular complexity index is 3230. The lowest BCUT2D eigenvalue weighted by atomic mass is 9.96. The molecule has 46 nitrogen and oxygen atoms in total. The third-order valence-electron chi connectivity index (χ3n) is 16.7. The number of esters is 9. The molecule has 0 aromatic heterocycles. The van der Waals surface area contributed by atoms with Gasteiger partial charge < -0.3 is 147 Å². The summed E-state index contributed by atoms with van der Waals surface area (Å²) in [5.74, 6) is -11.6. The largest absolute Gasteiger partial charge is 0.463 e. The number of nitrogens with one attached hydrogen (secondary N) is 8. The molecule has 0 aromatic rings. The van der Waals surface area contributed by atoms with Gasteiger partial charge in [0.2, 0.25) is 41.4 Å². The first-order chi connectivity index (χ1) is 57.1. The molecule has 0 saturated carbocycles. The van der Waals surface area contributed by atoms with Crippen molar-refractivity contribution in [3.8, 4) is 0 Å². The van der Waals surface area contributed by atoms with Crippen molar-refractivity contribution in [3.63, 3.8) is 0 Å². The number of hydrogen-bond acceptors (Lipinski definition) is 39. The van der Waals surface area contributed by atoms with E-state index in [-0.39, 0.29) is 131 Å². The summed E-state index contributed by atoms with van der Waals surface area (Å²) in [5, 5.41) is 21.5. The van der Waals surface area contributed by atoms with Crippen LogP contribution in [0.2, 0.25) is 0 Å². The van der Waals surface area contributed by atoms with E-state index in [1.165, 1.54) is 13.8 Å². The average Bonchev–Trinajstić information content (AvgIpc) is 0.795. The van der Waals surface area contributed by atoms with E-state index in [4.69, 9.17) is 104 Å². The van der Waals surface area contributed by atoms with Crippen LogP contribution in [0, 0.1) is 0 Å². The van der Waals surface area contributed by atoms with Gasteiger partial charge >= 0.3 is 53.7 Å². The molecule has 3 saturated heterocycles. The van der Waals surface area contributed by atoms with Crippen LogP contribution in [0.15, 0.2) is 0 Å². The molecule has 0 aliphatic carbocycles. The third kappa shape index (κ3) is 44.0. The van der Waals surface area contributed by atoms with E-state index in [0.717, 1.165) is 62.3 Å². The molecule has 0 aromatic carbocycles. The molecule has 684 valence electrons. The monoisotopic (exact) mass is 1730 g/mol. The van der Waals surface area contributed by atoms with Crippen LogP contribution in [0.1, 0.15) is 115 Å². The van der Waals surface area contributed by atoms with Gasteiger partial charge in [-0.25, -0.2) is 0 Å². The zero-order chi connectivity index (χ0) is 89.1. The summed E-state index contributed by atoms with van der Waals surface area (Å²) < 4.78 is 123. The van der Waals surface area contributed by atoms with Crippen molar-refractivity contribution in [1.29, 1.82) is 0 Å². The SMILES string of the molecule is CCNC1C(OCCOCCNC(=O)C(CCC(=O)NCCOCCOC2OC(COC(C)=O)C(OC(C)=O)C(OC(C)=O)C2NC(C)=O)NC(=O)CCC(NC(=O)CCOCCOCCOCCOC)C(=O)NCCOCCOC2OC(COC(C)=O)C(OC(C)=O)C(OC(C)=O)C2NC(C)=O)OC(COC(C)=O)C(OC(C)=O)C1OC(C)=O. The smallest absolute Gasteiger partial charge is 0.303 e. The number of carbonyl (C=O) groups excluding carboxylic acids is 16. The van der Waals surface area contributed by atoms with Gasteiger partial charge in [0, 0.05) is 122 Å². The van der Waals surface area contributed by atoms with E-state index in [2.05, 4.69) is 42.5 Å². The lowest BCUT2D eigenvalue weighted by Crippen LogP contribution is -2.66. The zero-order valence-corrected chi connectivity index (χ0v) is 70.1. The number of ether oxygens (including phenoxy) is 22. The number of likely N-dealkylation sites (N-methyl/N-ethyl adjacent to an activating group) is 1. The predicted octanol–water partition coefficient (Wildman–Crippen LogP) is -4.51. The number of hydrogen-bond donors (Lipinski definition) is 8. The highest BCUT2D eigenvalue weighted by Crippen LogP contribution is 2.31. The first kappa shape index (κ1) is 105. The van der Waals surface area contributed by atoms with Gasteiger partial charge in [0.25, 0.3) is 0 Å². The van der Waals surface area contributed by atoms with Gasteiger partial charge in [0.1, 0.15) is 62.3 Å². The van der Waals surface area contributed by atoms with Gasteiger partial charge in [0.15, 0.2) is 55.5 Å². The Morgan fingerprint density at radius 3 is 0.942 bits per heavy atom. The molecule has 17 unspecified atom stereocenters. The van der Waals surface area contributed by atoms with E-state index in [1.54, 1.807) is 14.0 Å². The normalized spacial score (nSPS) is 23.0. The molecule has 0 bridgehead atoms. The van der Waals surface area contributed by atoms with Crippen molar-refractivity contribution < 1.29 is 181 Å². The van der Waals surface area contributed by atoms with Crippen LogP contribution in [0.4, 0.5) is 0 Å². The van der Waals surface area contributed by atoms with Gasteiger partial charge in [-0.15, -0.1) is 0 Å². The first-order valence-electron chi connectivity index (χ1n) is 39.0. The van der Waals surface area contributed by atoms with Crippen molar-refractivity contribution in [3.05, 3.63) is 0 Å². The summed E-state index contributed by atoms with van der Waals surface area (Å²) in [4.78, 5) is 203. The second-order valence-electron chi connectivity index (χ2n) is 26.8. The van der Waals surface area contributed by atoms with E-state index >= 15 is 0 Å². The molecule has 120 heavy (non-hydrogen) atoms. The molecular weight excluding hydrogens is 1610 g/mol. The third-order valence-corrected chi connectivity index (χ3v) is 16.7. The predicted molar refractivity (Wildman–Crippen MR) is 403 cm³/mol. The molecule has 3 fully saturated rings. The van der Waals surface area contributed by atoms with Crippen LogP contribution < -0.4 is 42.5 Å². The van der Waals surface area contributed by atoms with Crippen LogP contribution >= 0.6 is 0 Å². The van der Waals surface area contributed by atoms with Crippen molar-refractivity contribution in [1.82, 2.24) is 42.5 Å². The maximum absolute atomic E-state index is 14.1. The zero-order valence-electron chi connectivity index (χ0n) is 70.1. The van der Waals surface area contributed by atoms with Gasteiger partial charge in [-0.3, -0.25) is 76.7 Å². The minimum absolute atomic E-state index is 0.0943. The van der Waals surface area contributed by atoms with Crippen LogP contribution in [-0.2, 0) is 181 Å². The molecule has 3 aliphatic rings. The fraction of sp³-hybridized carbons (Fsp3) is 0.784. The van der Waals surface area contributed by atoms with Gasteiger partial charge in [-0.1, -0.05) is 6.92 Å². The molecule has 0 spiro atoms. The summed E-state index contributed by atoms with van der Waals surface area (Å²) in [7, 11) is 1.54. The Morgan fingerprint density at radius 1 is 0.317 bits per heavy atom. The fourth-order valence-corrected chi connectivity index (χ4v) is 11.9. The quantitative estimate of drug-likeness (QED) is 0.0162. The van der Waals surface area contributed by atoms with E-state index < -0.39 is 225 Å². The minimum atomic E-state index is -1.42. The van der Waals surface area contributed by atoms with E-state index in [0.29, 0.717) is 26.4 Å². The molecule has 0 radical (unpaired) electrons. The topological polar surface area (TPSA) is 572 Å². The Kier molecular flexibility index (Phi) is 52.2. The van der Waals surface area contributed by atoms with Crippen molar-refractivity contribution in [2.75, 3.05) is 159 Å². The summed E-state index contributed by atoms with van der Waals surface area (Å²) >= 11 is 0. The maximum atomic E-state index is 14.1. The Labute approximate surface area is 694 Å². The van der Waals surface area contributed by atoms with Crippen LogP contribution in [0.25, 0.3) is 0 Å². The lowest BCUT2D eigenvalue weighted by molar-refractivity contribution is -0.279. The highest BCUT2D eigenvalue weighted by Gasteiger charge is 2.54. The summed E-state index contributed by atoms with van der Waals surface area (Å²) in [6.07, 6.45) is -17.3. The van der Waals surface area contributed by atoms with Gasteiger partial charge in [-0.05, 0) is 19.4 Å². The molecule has 17 atom stereocenters. The molecule has 7 amide bonds. The molecular formula is C74H120N8O38. The van der Waals surface area contributed by atoms with Crippen LogP contribution in [0.5, 0.6) is 0 Å². The van der Waals surface area contributed by atoms with Crippen molar-refractivity contribution in [2.45, 2.75) is 219 Å². The summed E-state index contributed by atoms with van der Waals surface area (Å²) in [5.41, 5.74) is 0. The highest BCUT2D eigenvalue weighted by atomic mass is 16.7. The molecule has 3 rings (SSSR count). The number of carbonyl (C=O) groups is 16. The van der Waals surface area contributed by atoms with Crippen LogP contribution in [-0.4, -0.2) is 358 Å². The lowest BCUT2D eigenvalue weighted by Gasteiger charge is -2.45. The van der Waals surface area contributed by atoms with Crippen LogP contribution in [0.3, 0.4) is 0 Å². The van der Waals surface area contributed by atoms with Crippen molar-refractivity contribution in [2.24, 2.45) is 0 Å². The number of amides is 7. The van der Waals surface area contributed by atoms with Crippen molar-refractivity contribution >= 4 is 95.1 Å². The van der Waals surface area contributed by atoms with E-state index in [9.17, 15) is 76.7 Å². The molecule has 46 heteroatoms. The maximum Gasteiger partial charge on any atom is 0.303 e. The fourth-order valence-electron chi connectivity index (χ4n) is 11.9. The second kappa shape index (κ2) is 59.6. The molecule has 3 aliphatic heterocycles. The Balaban J connectivity index is 1.80. The van der Waals surface area contributed by atoms with E-state index in [1.807, 2.05) is 0 Å². The molecule has 8 N–H and O–H groups in total. The summed E-state index contributed by atoms with van der Waals surface area (Å²) in [6.45, 7) is 12.7. The Hall–Kier alpha value is -9.04. The second-order valence-corrected chi connectivity index (χ2v) is 26.8. The highest BCUT2D eigenvalue weighted by molar-refractivity contribution is 5.90. The minimum Gasteiger partial charge on any atom is -0.463 e. The molecule has 3 heterocycles. The first-order valence-corrected chi connectivity index (χ1v) is 39.0. The Morgan fingerprint density at radius 2 is 0.608 bits per heavy atom. The van der Waals surface area contributed by atoms with Gasteiger partial charge in [0.05, 0.1) is 112 Å². The summed E-state index contributed by atoms with van der Waals surface area (Å²) in [6, 6.07) is -6.24.